The molecule has 0 fully saturated rings. The molecule has 0 spiro atoms. The Bertz CT molecular complexity index is 1280. The van der Waals surface area contributed by atoms with Crippen molar-refractivity contribution in [3.63, 3.8) is 0 Å². The Kier molecular flexibility index (Phi) is 5.14. The predicted molar refractivity (Wildman–Crippen MR) is 114 cm³/mol. The van der Waals surface area contributed by atoms with E-state index in [4.69, 9.17) is 13.9 Å². The Hall–Kier alpha value is -3.80. The molecular formula is C24H21NO5. The third kappa shape index (κ3) is 3.72. The molecule has 2 aromatic heterocycles. The zero-order valence-electron chi connectivity index (χ0n) is 17.0. The summed E-state index contributed by atoms with van der Waals surface area (Å²) in [4.78, 5) is 24.2. The molecule has 4 aromatic rings. The van der Waals surface area contributed by atoms with Gasteiger partial charge in [-0.25, -0.2) is 4.79 Å². The van der Waals surface area contributed by atoms with E-state index in [0.717, 1.165) is 28.2 Å². The van der Waals surface area contributed by atoms with Crippen LogP contribution in [-0.2, 0) is 0 Å². The largest absolute Gasteiger partial charge is 0.497 e. The molecule has 0 aliphatic rings. The number of carbonyl (C=O) groups is 1. The van der Waals surface area contributed by atoms with Crippen LogP contribution in [0.3, 0.4) is 0 Å². The van der Waals surface area contributed by atoms with Gasteiger partial charge >= 0.3 is 5.63 Å². The zero-order chi connectivity index (χ0) is 21.3. The quantitative estimate of drug-likeness (QED) is 0.351. The lowest BCUT2D eigenvalue weighted by molar-refractivity contribution is 0.0921. The Morgan fingerprint density at radius 2 is 1.67 bits per heavy atom. The molecule has 2 aromatic carbocycles. The lowest BCUT2D eigenvalue weighted by atomic mass is 10.1. The van der Waals surface area contributed by atoms with Gasteiger partial charge in [-0.15, -0.1) is 0 Å². The minimum Gasteiger partial charge on any atom is -0.497 e. The average Bonchev–Trinajstić information content (AvgIpc) is 3.05. The highest BCUT2D eigenvalue weighted by atomic mass is 16.5. The standard InChI is InChI=1S/C24H21NO5/c1-15-12-21(16(2)25(15)18-6-9-19(28-3)10-7-18)22(26)14-29-20-8-4-17-5-11-24(27)30-23(17)13-20/h4-13H,14H2,1-3H3. The van der Waals surface area contributed by atoms with Gasteiger partial charge in [-0.2, -0.15) is 0 Å². The normalized spacial score (nSPS) is 10.9. The fraction of sp³-hybridized carbons (Fsp3) is 0.167. The molecule has 0 amide bonds. The molecular weight excluding hydrogens is 382 g/mol. The van der Waals surface area contributed by atoms with Crippen molar-refractivity contribution in [3.05, 3.63) is 88.0 Å². The van der Waals surface area contributed by atoms with Crippen molar-refractivity contribution >= 4 is 16.8 Å². The number of rotatable bonds is 6. The van der Waals surface area contributed by atoms with Gasteiger partial charge in [0.1, 0.15) is 17.1 Å². The highest BCUT2D eigenvalue weighted by Gasteiger charge is 2.17. The first-order valence-corrected chi connectivity index (χ1v) is 9.49. The van der Waals surface area contributed by atoms with E-state index in [-0.39, 0.29) is 12.4 Å². The Labute approximate surface area is 173 Å². The first-order chi connectivity index (χ1) is 14.5. The van der Waals surface area contributed by atoms with Crippen molar-refractivity contribution in [2.24, 2.45) is 0 Å². The molecule has 152 valence electrons. The minimum absolute atomic E-state index is 0.116. The van der Waals surface area contributed by atoms with E-state index in [2.05, 4.69) is 0 Å². The van der Waals surface area contributed by atoms with Crippen molar-refractivity contribution in [3.8, 4) is 17.2 Å². The van der Waals surface area contributed by atoms with Crippen LogP contribution >= 0.6 is 0 Å². The van der Waals surface area contributed by atoms with E-state index < -0.39 is 5.63 Å². The first kappa shape index (κ1) is 19.5. The number of aromatic nitrogens is 1. The minimum atomic E-state index is -0.429. The Balaban J connectivity index is 1.54. The highest BCUT2D eigenvalue weighted by Crippen LogP contribution is 2.24. The molecule has 6 nitrogen and oxygen atoms in total. The number of benzene rings is 2. The van der Waals surface area contributed by atoms with Crippen LogP contribution in [0.15, 0.2) is 69.9 Å². The summed E-state index contributed by atoms with van der Waals surface area (Å²) in [7, 11) is 1.63. The molecule has 0 radical (unpaired) electrons. The van der Waals surface area contributed by atoms with Crippen LogP contribution in [0.1, 0.15) is 21.7 Å². The zero-order valence-corrected chi connectivity index (χ0v) is 17.0. The Morgan fingerprint density at radius 1 is 0.967 bits per heavy atom. The van der Waals surface area contributed by atoms with E-state index in [1.165, 1.54) is 6.07 Å². The molecule has 30 heavy (non-hydrogen) atoms. The number of fused-ring (bicyclic) bond motifs is 1. The number of ether oxygens (including phenoxy) is 2. The van der Waals surface area contributed by atoms with Crippen molar-refractivity contribution in [1.82, 2.24) is 4.57 Å². The molecule has 2 heterocycles. The maximum atomic E-state index is 12.8. The number of nitrogens with zero attached hydrogens (tertiary/aromatic N) is 1. The fourth-order valence-corrected chi connectivity index (χ4v) is 3.53. The molecule has 4 rings (SSSR count). The number of methoxy groups -OCH3 is 1. The molecule has 0 atom stereocenters. The molecule has 0 N–H and O–H groups in total. The molecule has 0 saturated heterocycles. The predicted octanol–water partition coefficient (Wildman–Crippen LogP) is 4.47. The summed E-state index contributed by atoms with van der Waals surface area (Å²) >= 11 is 0. The third-order valence-corrected chi connectivity index (χ3v) is 5.03. The van der Waals surface area contributed by atoms with Crippen molar-refractivity contribution < 1.29 is 18.7 Å². The lowest BCUT2D eigenvalue weighted by Gasteiger charge is -2.11. The van der Waals surface area contributed by atoms with E-state index in [9.17, 15) is 9.59 Å². The van der Waals surface area contributed by atoms with Gasteiger partial charge in [-0.05, 0) is 62.4 Å². The van der Waals surface area contributed by atoms with Crippen molar-refractivity contribution in [2.75, 3.05) is 13.7 Å². The molecule has 6 heteroatoms. The average molecular weight is 403 g/mol. The highest BCUT2D eigenvalue weighted by molar-refractivity contribution is 5.98. The SMILES string of the molecule is COc1ccc(-n2c(C)cc(C(=O)COc3ccc4ccc(=O)oc4c3)c2C)cc1. The maximum absolute atomic E-state index is 12.8. The maximum Gasteiger partial charge on any atom is 0.336 e. The van der Waals surface area contributed by atoms with Crippen molar-refractivity contribution in [2.45, 2.75) is 13.8 Å². The summed E-state index contributed by atoms with van der Waals surface area (Å²) in [5.41, 5.74) is 3.35. The van der Waals surface area contributed by atoms with Gasteiger partial charge in [-0.3, -0.25) is 4.79 Å². The fourth-order valence-electron chi connectivity index (χ4n) is 3.53. The summed E-state index contributed by atoms with van der Waals surface area (Å²) in [6.07, 6.45) is 0. The van der Waals surface area contributed by atoms with Gasteiger partial charge in [0.25, 0.3) is 0 Å². The number of Topliss-reactive ketones (excluding diaryl/α,β-unsaturated/α-hetero) is 1. The third-order valence-electron chi connectivity index (χ3n) is 5.03. The second-order valence-corrected chi connectivity index (χ2v) is 6.98. The number of aryl methyl sites for hydroxylation is 1. The molecule has 0 bridgehead atoms. The van der Waals surface area contributed by atoms with E-state index in [1.54, 1.807) is 31.4 Å². The van der Waals surface area contributed by atoms with Gasteiger partial charge in [0.05, 0.1) is 7.11 Å². The molecule has 0 aliphatic heterocycles. The molecule has 0 aliphatic carbocycles. The second kappa shape index (κ2) is 7.91. The van der Waals surface area contributed by atoms with E-state index in [1.807, 2.05) is 48.7 Å². The van der Waals surface area contributed by atoms with Gasteiger partial charge in [0.15, 0.2) is 6.61 Å². The van der Waals surface area contributed by atoms with Crippen LogP contribution in [0.4, 0.5) is 0 Å². The number of hydrogen-bond donors (Lipinski definition) is 0. The topological polar surface area (TPSA) is 70.7 Å². The monoisotopic (exact) mass is 403 g/mol. The van der Waals surface area contributed by atoms with Crippen LogP contribution < -0.4 is 15.1 Å². The van der Waals surface area contributed by atoms with Gasteiger partial charge < -0.3 is 18.5 Å². The lowest BCUT2D eigenvalue weighted by Crippen LogP contribution is -2.12. The number of ketones is 1. The van der Waals surface area contributed by atoms with E-state index in [0.29, 0.717) is 16.9 Å². The number of hydrogen-bond acceptors (Lipinski definition) is 5. The summed E-state index contributed by atoms with van der Waals surface area (Å²) in [5, 5.41) is 0.788. The van der Waals surface area contributed by atoms with Crippen LogP contribution in [0.25, 0.3) is 16.7 Å². The summed E-state index contributed by atoms with van der Waals surface area (Å²) in [6.45, 7) is 3.75. The van der Waals surface area contributed by atoms with Crippen LogP contribution in [-0.4, -0.2) is 24.1 Å². The second-order valence-electron chi connectivity index (χ2n) is 6.98. The number of carbonyl (C=O) groups excluding carboxylic acids is 1. The molecule has 0 unspecified atom stereocenters. The van der Waals surface area contributed by atoms with E-state index >= 15 is 0 Å². The first-order valence-electron chi connectivity index (χ1n) is 9.49. The van der Waals surface area contributed by atoms with Gasteiger partial charge in [-0.1, -0.05) is 0 Å². The summed E-state index contributed by atoms with van der Waals surface area (Å²) < 4.78 is 18.1. The summed E-state index contributed by atoms with van der Waals surface area (Å²) in [6, 6.07) is 17.7. The Morgan fingerprint density at radius 3 is 2.40 bits per heavy atom. The van der Waals surface area contributed by atoms with Gasteiger partial charge in [0.2, 0.25) is 5.78 Å². The van der Waals surface area contributed by atoms with Crippen molar-refractivity contribution in [1.29, 1.82) is 0 Å². The van der Waals surface area contributed by atoms with Gasteiger partial charge in [0, 0.05) is 40.2 Å². The van der Waals surface area contributed by atoms with Crippen LogP contribution in [0.5, 0.6) is 11.5 Å². The smallest absolute Gasteiger partial charge is 0.336 e. The summed E-state index contributed by atoms with van der Waals surface area (Å²) in [5.74, 6) is 1.11. The van der Waals surface area contributed by atoms with Crippen LogP contribution in [0.2, 0.25) is 0 Å². The molecule has 0 saturated carbocycles. The van der Waals surface area contributed by atoms with Crippen LogP contribution in [0, 0.1) is 13.8 Å².